The number of ether oxygens (including phenoxy) is 6. The predicted octanol–water partition coefficient (Wildman–Crippen LogP) is 24.8. The van der Waals surface area contributed by atoms with Gasteiger partial charge in [0.1, 0.15) is 76.6 Å². The first-order valence-electron chi connectivity index (χ1n) is 42.4. The molecule has 6 aromatic carbocycles. The van der Waals surface area contributed by atoms with E-state index in [2.05, 4.69) is 221 Å². The number of aromatic nitrogens is 6. The zero-order chi connectivity index (χ0) is 87.0. The quantitative estimate of drug-likeness (QED) is 0.0216. The van der Waals surface area contributed by atoms with Gasteiger partial charge in [-0.15, -0.1) is 68.0 Å². The van der Waals surface area contributed by atoms with Crippen molar-refractivity contribution in [2.24, 2.45) is 0 Å². The van der Waals surface area contributed by atoms with E-state index in [0.29, 0.717) is 0 Å². The summed E-state index contributed by atoms with van der Waals surface area (Å²) in [6, 6.07) is 81.7. The lowest BCUT2D eigenvalue weighted by atomic mass is 10.1. The molecule has 0 aliphatic heterocycles. The van der Waals surface area contributed by atoms with Crippen LogP contribution in [0.25, 0.3) is 65.2 Å². The normalized spacial score (nSPS) is 11.9. The van der Waals surface area contributed by atoms with Crippen molar-refractivity contribution in [1.29, 1.82) is 0 Å². The largest absolute Gasteiger partial charge is 0.485 e. The summed E-state index contributed by atoms with van der Waals surface area (Å²) in [6.45, 7) is 5.53. The number of pyridine rings is 6. The van der Waals surface area contributed by atoms with E-state index in [1.807, 2.05) is 201 Å². The van der Waals surface area contributed by atoms with Gasteiger partial charge >= 0.3 is 0 Å². The summed E-state index contributed by atoms with van der Waals surface area (Å²) in [6.07, 6.45) is 20.6. The molecule has 132 heavy (non-hydrogen) atoms. The molecule has 0 radical (unpaired) electrons. The highest BCUT2D eigenvalue weighted by molar-refractivity contribution is 7.60. The average molecular weight is 1990 g/mol. The molecule has 0 unspecified atom stereocenters. The molecule has 18 rings (SSSR count). The Hall–Kier alpha value is -9.36. The van der Waals surface area contributed by atoms with Crippen LogP contribution in [0.1, 0.15) is 104 Å². The van der Waals surface area contributed by atoms with Crippen LogP contribution in [0.15, 0.2) is 325 Å². The Balaban J connectivity index is 0.000000214. The van der Waals surface area contributed by atoms with Crippen LogP contribution < -0.4 is 60.3 Å². The van der Waals surface area contributed by atoms with E-state index in [4.69, 9.17) is 28.4 Å². The van der Waals surface area contributed by atoms with E-state index in [1.54, 1.807) is 74.2 Å². The van der Waals surface area contributed by atoms with Crippen molar-refractivity contribution < 1.29 is 28.4 Å². The molecular weight excluding hydrogens is 1870 g/mol. The first-order valence-corrected chi connectivity index (χ1v) is 47.7. The van der Waals surface area contributed by atoms with E-state index >= 15 is 0 Å². The van der Waals surface area contributed by atoms with Crippen molar-refractivity contribution in [3.05, 3.63) is 354 Å². The molecule has 12 aromatic heterocycles. The van der Waals surface area contributed by atoms with Crippen LogP contribution in [-0.2, 0) is 0 Å². The number of thiophene rings is 6. The molecule has 0 saturated heterocycles. The fourth-order valence-electron chi connectivity index (χ4n) is 14.0. The van der Waals surface area contributed by atoms with Crippen LogP contribution in [0.3, 0.4) is 0 Å². The molecule has 0 aliphatic rings. The lowest BCUT2D eigenvalue weighted by Crippen LogP contribution is -2.15. The third-order valence-corrected chi connectivity index (χ3v) is 26.2. The molecule has 0 saturated carbocycles. The topological polar surface area (TPSA) is 205 Å². The lowest BCUT2D eigenvalue weighted by Gasteiger charge is -2.19. The SMILES string of the molecule is CNCC[C@H](Oc1ccc2ncccc2c1)c1cccs1.CNCC[C@H](Oc1cccc2cccnc12)c1cccs1.CNCC[C@H](Oc1cccc2ccncc12)c1cccs1.CNCC[C@H](Oc1cccc2ncccc12)c1cccs1.CNCC[C@H](Oc1ccnc2ccccc12)c1cccs1.CNCC[C@H](Oc1cncc2ccccc12)c1cccs1.S.S.S.S.S.S. The number of benzene rings is 6. The van der Waals surface area contributed by atoms with E-state index in [1.165, 1.54) is 29.3 Å². The van der Waals surface area contributed by atoms with E-state index in [0.717, 1.165) is 177 Å². The van der Waals surface area contributed by atoms with Gasteiger partial charge in [0, 0.05) is 149 Å². The van der Waals surface area contributed by atoms with Gasteiger partial charge in [-0.3, -0.25) is 29.9 Å². The number of hydrogen-bond donors (Lipinski definition) is 6. The second-order valence-electron chi connectivity index (χ2n) is 29.1. The van der Waals surface area contributed by atoms with Crippen molar-refractivity contribution in [2.45, 2.75) is 75.1 Å². The summed E-state index contributed by atoms with van der Waals surface area (Å²) >= 11 is 10.4. The zero-order valence-electron chi connectivity index (χ0n) is 74.7. The summed E-state index contributed by atoms with van der Waals surface area (Å²) < 4.78 is 37.7. The molecule has 0 fully saturated rings. The molecule has 12 heterocycles. The molecule has 18 nitrogen and oxygen atoms in total. The predicted molar refractivity (Wildman–Crippen MR) is 590 cm³/mol. The Morgan fingerprint density at radius 2 is 0.598 bits per heavy atom. The highest BCUT2D eigenvalue weighted by atomic mass is 32.1. The third kappa shape index (κ3) is 32.7. The maximum Gasteiger partial charge on any atom is 0.146 e. The number of nitrogens with one attached hydrogen (secondary N) is 6. The second-order valence-corrected chi connectivity index (χ2v) is 35.0. The molecule has 696 valence electrons. The molecule has 6 atom stereocenters. The molecule has 18 aromatic rings. The smallest absolute Gasteiger partial charge is 0.146 e. The zero-order valence-corrected chi connectivity index (χ0v) is 85.6. The molecule has 30 heteroatoms. The van der Waals surface area contributed by atoms with Gasteiger partial charge in [-0.2, -0.15) is 81.0 Å². The van der Waals surface area contributed by atoms with Crippen LogP contribution in [0, 0.1) is 0 Å². The Kier molecular flexibility index (Phi) is 50.5. The number of fused-ring (bicyclic) bond motifs is 6. The summed E-state index contributed by atoms with van der Waals surface area (Å²) in [5, 5.41) is 40.5. The number of para-hydroxylation sites is 2. The standard InChI is InChI=1S/6C17H18N2OS.6H2S/c1-18-11-9-16(17-8-4-12-21-17)20-15-7-2-6-14-13(15)5-3-10-19-14;1-18-11-9-14(16-8-4-12-21-16)20-15-7-2-5-13-6-3-10-19-17(13)15;1-18-10-8-16(17-5-3-11-21-17)20-14-6-7-15-13(12-14)4-2-9-19-15;1-18-9-8-16(17-6-3-11-21-17)20-15-5-2-4-13-7-10-19-12-14(13)15;1-18-10-8-16(17-7-4-12-21-17)20-15-9-11-19-14-6-3-2-5-13(14)15;1-18-9-8-15(17-7-4-10-21-17)20-16-12-19-11-13-5-2-3-6-14(13)16;;;;;;/h2-8,10,12,16,18H,9,11H2,1H3;2-8,10,12,14,18H,9,11H2,1H3;2-7,9,11-12,16,18H,8,10H2,1H3;2-7,10-12,16,18H,8-9H2,1H3;2-7,9,11-12,16,18H,8,10H2,1H3;2-7,10-12,15,18H,8-9H2,1H3;6*1H2/t16-;14-;3*16-;15-;;;;;;/m000000....../s1. The van der Waals surface area contributed by atoms with Crippen LogP contribution >= 0.6 is 149 Å². The van der Waals surface area contributed by atoms with Crippen molar-refractivity contribution in [3.63, 3.8) is 0 Å². The van der Waals surface area contributed by atoms with Crippen LogP contribution in [0.4, 0.5) is 0 Å². The molecule has 0 spiro atoms. The fourth-order valence-corrected chi connectivity index (χ4v) is 18.7. The number of rotatable bonds is 36. The Labute approximate surface area is 841 Å². The van der Waals surface area contributed by atoms with Crippen molar-refractivity contribution in [3.8, 4) is 34.5 Å². The van der Waals surface area contributed by atoms with E-state index in [-0.39, 0.29) is 118 Å². The van der Waals surface area contributed by atoms with Gasteiger partial charge in [0.15, 0.2) is 0 Å². The van der Waals surface area contributed by atoms with Crippen molar-refractivity contribution in [2.75, 3.05) is 81.6 Å². The minimum atomic E-state index is 0. The summed E-state index contributed by atoms with van der Waals surface area (Å²) in [7, 11) is 11.8. The Morgan fingerprint density at radius 3 is 1.08 bits per heavy atom. The molecule has 6 N–H and O–H groups in total. The summed E-state index contributed by atoms with van der Waals surface area (Å²) in [5.41, 5.74) is 3.85. The van der Waals surface area contributed by atoms with Gasteiger partial charge < -0.3 is 60.3 Å². The first kappa shape index (κ1) is 110. The average Bonchev–Trinajstić information content (AvgIpc) is 1.84. The minimum absolute atomic E-state index is 0. The maximum atomic E-state index is 6.30. The summed E-state index contributed by atoms with van der Waals surface area (Å²) in [4.78, 5) is 33.6. The van der Waals surface area contributed by atoms with Crippen LogP contribution in [0.2, 0.25) is 0 Å². The first-order chi connectivity index (χ1) is 62.3. The van der Waals surface area contributed by atoms with Crippen molar-refractivity contribution >= 4 is 214 Å². The minimum Gasteiger partial charge on any atom is -0.485 e. The van der Waals surface area contributed by atoms with E-state index < -0.39 is 0 Å². The monoisotopic (exact) mass is 1990 g/mol. The maximum absolute atomic E-state index is 6.30. The van der Waals surface area contributed by atoms with E-state index in [9.17, 15) is 0 Å². The van der Waals surface area contributed by atoms with Gasteiger partial charge in [0.25, 0.3) is 0 Å². The fraction of sp³-hybridized carbons (Fsp3) is 0.235. The van der Waals surface area contributed by atoms with Crippen LogP contribution in [0.5, 0.6) is 34.5 Å². The van der Waals surface area contributed by atoms with Gasteiger partial charge in [0.05, 0.1) is 22.7 Å². The molecule has 0 aliphatic carbocycles. The van der Waals surface area contributed by atoms with Crippen LogP contribution in [-0.4, -0.2) is 111 Å². The van der Waals surface area contributed by atoms with Gasteiger partial charge in [-0.1, -0.05) is 115 Å². The highest BCUT2D eigenvalue weighted by Crippen LogP contribution is 2.39. The molecule has 0 bridgehead atoms. The Morgan fingerprint density at radius 1 is 0.242 bits per heavy atom. The van der Waals surface area contributed by atoms with Gasteiger partial charge in [-0.25, -0.2) is 0 Å². The van der Waals surface area contributed by atoms with Crippen molar-refractivity contribution in [1.82, 2.24) is 61.8 Å². The Bertz CT molecular complexity index is 5360. The number of hydrogen-bond acceptors (Lipinski definition) is 24. The molecule has 0 amide bonds. The lowest BCUT2D eigenvalue weighted by molar-refractivity contribution is 0.199. The molecular formula is C102H120N12O6S12. The number of nitrogens with zero attached hydrogens (tertiary/aromatic N) is 6. The summed E-state index contributed by atoms with van der Waals surface area (Å²) in [5.74, 6) is 5.29. The third-order valence-electron chi connectivity index (χ3n) is 20.4. The highest BCUT2D eigenvalue weighted by Gasteiger charge is 2.23. The second kappa shape index (κ2) is 60.8. The van der Waals surface area contributed by atoms with Gasteiger partial charge in [-0.05, 0) is 247 Å². The van der Waals surface area contributed by atoms with Gasteiger partial charge in [0.2, 0.25) is 0 Å².